The molecule has 0 aliphatic carbocycles. The van der Waals surface area contributed by atoms with Gasteiger partial charge in [-0.3, -0.25) is 4.79 Å². The van der Waals surface area contributed by atoms with E-state index < -0.39 is 12.0 Å². The summed E-state index contributed by atoms with van der Waals surface area (Å²) in [6.45, 7) is 6.15. The molecule has 0 aromatic heterocycles. The van der Waals surface area contributed by atoms with Crippen molar-refractivity contribution in [2.45, 2.75) is 33.2 Å². The van der Waals surface area contributed by atoms with Crippen molar-refractivity contribution in [1.29, 1.82) is 0 Å². The Kier molecular flexibility index (Phi) is 3.96. The van der Waals surface area contributed by atoms with Crippen molar-refractivity contribution in [2.75, 3.05) is 0 Å². The number of carboxylic acid groups (broad SMARTS) is 1. The van der Waals surface area contributed by atoms with Crippen LogP contribution in [0.2, 0.25) is 0 Å². The first-order valence-electron chi connectivity index (χ1n) is 3.99. The maximum atomic E-state index is 10.3. The Hall–Kier alpha value is -0.830. The normalized spacial score (nSPS) is 15.0. The zero-order chi connectivity index (χ0) is 9.78. The van der Waals surface area contributed by atoms with Gasteiger partial charge in [0.2, 0.25) is 0 Å². The van der Waals surface area contributed by atoms with Gasteiger partial charge in [0, 0.05) is 0 Å². The average Bonchev–Trinajstić information content (AvgIpc) is 1.84. The summed E-state index contributed by atoms with van der Waals surface area (Å²) in [6, 6.07) is -0.774. The molecule has 70 valence electrons. The van der Waals surface area contributed by atoms with Crippen molar-refractivity contribution >= 4 is 5.97 Å². The Labute approximate surface area is 73.3 Å². The van der Waals surface area contributed by atoms with Gasteiger partial charge in [-0.25, -0.2) is 0 Å². The van der Waals surface area contributed by atoms with Gasteiger partial charge in [0.15, 0.2) is 0 Å². The molecule has 0 aliphatic heterocycles. The van der Waals surface area contributed by atoms with Crippen molar-refractivity contribution in [1.82, 2.24) is 0 Å². The smallest absolute Gasteiger partial charge is 0.320 e. The Morgan fingerprint density at radius 1 is 1.58 bits per heavy atom. The summed E-state index contributed by atoms with van der Waals surface area (Å²) in [6.07, 6.45) is 4.18. The summed E-state index contributed by atoms with van der Waals surface area (Å²) in [7, 11) is 0. The standard InChI is InChI=1S/C9H17NO2/c1-9(2,3)6-4-5-7(10)8(11)12/h4,6-7H,5,10H2,1-3H3,(H,11,12)/b6-4+/t7-/m1/s1. The fraction of sp³-hybridized carbons (Fsp3) is 0.667. The molecule has 1 atom stereocenters. The minimum Gasteiger partial charge on any atom is -0.480 e. The highest BCUT2D eigenvalue weighted by molar-refractivity contribution is 5.73. The molecule has 3 nitrogen and oxygen atoms in total. The number of carbonyl (C=O) groups is 1. The molecular weight excluding hydrogens is 154 g/mol. The number of hydrogen-bond acceptors (Lipinski definition) is 2. The summed E-state index contributed by atoms with van der Waals surface area (Å²) >= 11 is 0. The van der Waals surface area contributed by atoms with Gasteiger partial charge in [-0.15, -0.1) is 0 Å². The Morgan fingerprint density at radius 2 is 2.08 bits per heavy atom. The highest BCUT2D eigenvalue weighted by Crippen LogP contribution is 2.14. The van der Waals surface area contributed by atoms with E-state index in [0.717, 1.165) is 0 Å². The molecule has 0 amide bonds. The van der Waals surface area contributed by atoms with E-state index in [2.05, 4.69) is 20.8 Å². The molecule has 12 heavy (non-hydrogen) atoms. The van der Waals surface area contributed by atoms with Crippen molar-refractivity contribution < 1.29 is 9.90 Å². The molecule has 0 saturated carbocycles. The number of rotatable bonds is 3. The monoisotopic (exact) mass is 171 g/mol. The molecule has 0 radical (unpaired) electrons. The lowest BCUT2D eigenvalue weighted by atomic mass is 9.95. The number of hydrogen-bond donors (Lipinski definition) is 2. The molecule has 0 aliphatic rings. The van der Waals surface area contributed by atoms with Gasteiger partial charge in [0.1, 0.15) is 6.04 Å². The molecule has 0 unspecified atom stereocenters. The first-order valence-corrected chi connectivity index (χ1v) is 3.99. The van der Waals surface area contributed by atoms with Crippen LogP contribution in [0.3, 0.4) is 0 Å². The quantitative estimate of drug-likeness (QED) is 0.631. The predicted molar refractivity (Wildman–Crippen MR) is 48.8 cm³/mol. The van der Waals surface area contributed by atoms with Crippen LogP contribution >= 0.6 is 0 Å². The van der Waals surface area contributed by atoms with Crippen LogP contribution in [0.4, 0.5) is 0 Å². The molecule has 0 bridgehead atoms. The SMILES string of the molecule is CC(C)(C)/C=C/C[C@@H](N)C(=O)O. The highest BCUT2D eigenvalue weighted by atomic mass is 16.4. The summed E-state index contributed by atoms with van der Waals surface area (Å²) in [5, 5.41) is 8.45. The molecule has 0 saturated heterocycles. The lowest BCUT2D eigenvalue weighted by Crippen LogP contribution is -2.29. The van der Waals surface area contributed by atoms with Crippen LogP contribution in [0.5, 0.6) is 0 Å². The molecule has 0 heterocycles. The van der Waals surface area contributed by atoms with Crippen molar-refractivity contribution in [3.05, 3.63) is 12.2 Å². The van der Waals surface area contributed by atoms with E-state index in [1.165, 1.54) is 0 Å². The van der Waals surface area contributed by atoms with Gasteiger partial charge in [0.25, 0.3) is 0 Å². The number of allylic oxidation sites excluding steroid dienone is 1. The topological polar surface area (TPSA) is 63.3 Å². The predicted octanol–water partition coefficient (Wildman–Crippen LogP) is 1.39. The summed E-state index contributed by atoms with van der Waals surface area (Å²) < 4.78 is 0. The minimum absolute atomic E-state index is 0.0955. The van der Waals surface area contributed by atoms with Gasteiger partial charge < -0.3 is 10.8 Å². The van der Waals surface area contributed by atoms with Crippen LogP contribution in [0.1, 0.15) is 27.2 Å². The Balaban J connectivity index is 3.83. The summed E-state index contributed by atoms with van der Waals surface area (Å²) in [5.41, 5.74) is 5.39. The molecule has 3 N–H and O–H groups in total. The van der Waals surface area contributed by atoms with Crippen LogP contribution in [-0.4, -0.2) is 17.1 Å². The summed E-state index contributed by atoms with van der Waals surface area (Å²) in [4.78, 5) is 10.3. The third-order valence-corrected chi connectivity index (χ3v) is 1.33. The van der Waals surface area contributed by atoms with Crippen LogP contribution in [0, 0.1) is 5.41 Å². The van der Waals surface area contributed by atoms with Gasteiger partial charge in [-0.2, -0.15) is 0 Å². The van der Waals surface area contributed by atoms with E-state index in [1.54, 1.807) is 0 Å². The van der Waals surface area contributed by atoms with Gasteiger partial charge >= 0.3 is 5.97 Å². The molecular formula is C9H17NO2. The lowest BCUT2D eigenvalue weighted by molar-refractivity contribution is -0.138. The second-order valence-electron chi connectivity index (χ2n) is 3.95. The molecule has 0 fully saturated rings. The van der Waals surface area contributed by atoms with E-state index in [4.69, 9.17) is 10.8 Å². The first kappa shape index (κ1) is 11.2. The number of nitrogens with two attached hydrogens (primary N) is 1. The fourth-order valence-corrected chi connectivity index (χ4v) is 0.669. The highest BCUT2D eigenvalue weighted by Gasteiger charge is 2.09. The molecule has 3 heteroatoms. The van der Waals surface area contributed by atoms with Gasteiger partial charge in [-0.1, -0.05) is 32.9 Å². The second kappa shape index (κ2) is 4.26. The Bertz CT molecular complexity index is 179. The van der Waals surface area contributed by atoms with Gasteiger partial charge in [0.05, 0.1) is 0 Å². The van der Waals surface area contributed by atoms with Crippen LogP contribution in [0.15, 0.2) is 12.2 Å². The summed E-state index contributed by atoms with van der Waals surface area (Å²) in [5.74, 6) is -0.950. The zero-order valence-electron chi connectivity index (χ0n) is 7.87. The Morgan fingerprint density at radius 3 is 2.42 bits per heavy atom. The van der Waals surface area contributed by atoms with Crippen molar-refractivity contribution in [3.63, 3.8) is 0 Å². The van der Waals surface area contributed by atoms with Crippen molar-refractivity contribution in [2.24, 2.45) is 11.1 Å². The van der Waals surface area contributed by atoms with E-state index in [9.17, 15) is 4.79 Å². The van der Waals surface area contributed by atoms with E-state index in [-0.39, 0.29) is 5.41 Å². The largest absolute Gasteiger partial charge is 0.480 e. The molecule has 0 aromatic rings. The maximum absolute atomic E-state index is 10.3. The third kappa shape index (κ3) is 5.92. The maximum Gasteiger partial charge on any atom is 0.320 e. The minimum atomic E-state index is -0.950. The fourth-order valence-electron chi connectivity index (χ4n) is 0.669. The third-order valence-electron chi connectivity index (χ3n) is 1.33. The van der Waals surface area contributed by atoms with E-state index >= 15 is 0 Å². The lowest BCUT2D eigenvalue weighted by Gasteiger charge is -2.11. The molecule has 0 aromatic carbocycles. The van der Waals surface area contributed by atoms with Crippen molar-refractivity contribution in [3.8, 4) is 0 Å². The zero-order valence-corrected chi connectivity index (χ0v) is 7.87. The van der Waals surface area contributed by atoms with Crippen LogP contribution in [-0.2, 0) is 4.79 Å². The van der Waals surface area contributed by atoms with E-state index in [1.807, 2.05) is 12.2 Å². The first-order chi connectivity index (χ1) is 5.33. The van der Waals surface area contributed by atoms with Crippen LogP contribution < -0.4 is 5.73 Å². The van der Waals surface area contributed by atoms with Gasteiger partial charge in [-0.05, 0) is 11.8 Å². The second-order valence-corrected chi connectivity index (χ2v) is 3.95. The molecule has 0 spiro atoms. The number of carboxylic acids is 1. The molecule has 0 rings (SSSR count). The van der Waals surface area contributed by atoms with E-state index in [0.29, 0.717) is 6.42 Å². The average molecular weight is 171 g/mol. The van der Waals surface area contributed by atoms with Crippen LogP contribution in [0.25, 0.3) is 0 Å². The number of aliphatic carboxylic acids is 1.